The normalized spacial score (nSPS) is 11.7. The summed E-state index contributed by atoms with van der Waals surface area (Å²) in [5.74, 6) is 0.854. The van der Waals surface area contributed by atoms with E-state index in [0.29, 0.717) is 11.3 Å². The Kier molecular flexibility index (Phi) is 7.48. The predicted molar refractivity (Wildman–Crippen MR) is 66.3 cm³/mol. The summed E-state index contributed by atoms with van der Waals surface area (Å²) in [6, 6.07) is 4.81. The fourth-order valence-corrected chi connectivity index (χ4v) is 1.53. The number of ether oxygens (including phenoxy) is 2. The second-order valence-electron chi connectivity index (χ2n) is 5.13. The molecule has 0 radical (unpaired) electrons. The van der Waals surface area contributed by atoms with Gasteiger partial charge in [0.15, 0.2) is 0 Å². The van der Waals surface area contributed by atoms with Crippen molar-refractivity contribution in [1.82, 2.24) is 0 Å². The van der Waals surface area contributed by atoms with Crippen LogP contribution < -0.4 is 60.9 Å². The van der Waals surface area contributed by atoms with Crippen LogP contribution in [0.25, 0.3) is 0 Å². The molecule has 1 aromatic carbocycles. The second kappa shape index (κ2) is 7.36. The maximum atomic E-state index is 12.2. The first-order valence-electron chi connectivity index (χ1n) is 5.66. The second-order valence-corrected chi connectivity index (χ2v) is 5.13. The van der Waals surface area contributed by atoms with Crippen LogP contribution in [0.5, 0.6) is 11.5 Å². The number of hydrogen-bond donors (Lipinski definition) is 0. The van der Waals surface area contributed by atoms with Crippen molar-refractivity contribution in [2.45, 2.75) is 26.2 Å². The van der Waals surface area contributed by atoms with Gasteiger partial charge in [0, 0.05) is 5.56 Å². The molecular formula is C12H17BF3KO2. The Morgan fingerprint density at radius 2 is 1.74 bits per heavy atom. The number of halogens is 3. The molecule has 0 bridgehead atoms. The van der Waals surface area contributed by atoms with Gasteiger partial charge in [0.05, 0.1) is 13.6 Å². The van der Waals surface area contributed by atoms with E-state index in [2.05, 4.69) is 0 Å². The molecule has 1 rings (SSSR count). The van der Waals surface area contributed by atoms with Crippen molar-refractivity contribution < 1.29 is 73.8 Å². The van der Waals surface area contributed by atoms with E-state index in [0.717, 1.165) is 0 Å². The van der Waals surface area contributed by atoms with Crippen LogP contribution in [0, 0.1) is 0 Å². The van der Waals surface area contributed by atoms with Crippen LogP contribution in [0.2, 0.25) is 0 Å². The minimum absolute atomic E-state index is 0. The van der Waals surface area contributed by atoms with Gasteiger partial charge in [-0.05, 0) is 23.6 Å². The molecule has 0 amide bonds. The van der Waals surface area contributed by atoms with E-state index < -0.39 is 13.5 Å². The van der Waals surface area contributed by atoms with Crippen molar-refractivity contribution in [3.05, 3.63) is 23.8 Å². The van der Waals surface area contributed by atoms with E-state index >= 15 is 0 Å². The Balaban J connectivity index is 0.00000324. The van der Waals surface area contributed by atoms with Crippen molar-refractivity contribution in [2.75, 3.05) is 13.6 Å². The summed E-state index contributed by atoms with van der Waals surface area (Å²) in [6.45, 7) is -0.446. The summed E-state index contributed by atoms with van der Waals surface area (Å²) >= 11 is 0. The van der Waals surface area contributed by atoms with Crippen molar-refractivity contribution in [1.29, 1.82) is 0 Å². The summed E-state index contributed by atoms with van der Waals surface area (Å²) in [4.78, 5) is 0. The molecule has 7 heteroatoms. The van der Waals surface area contributed by atoms with Crippen LogP contribution in [0.3, 0.4) is 0 Å². The van der Waals surface area contributed by atoms with Crippen LogP contribution in [0.4, 0.5) is 12.9 Å². The standard InChI is InChI=1S/C12H17BF3O2.K/c1-12(2,3)10-7-9(17-4)5-6-11(10)18-8-13(14,15)16;/h5-7H,8H2,1-4H3;/q-1;+1. The van der Waals surface area contributed by atoms with Crippen LogP contribution >= 0.6 is 0 Å². The van der Waals surface area contributed by atoms with E-state index in [9.17, 15) is 12.9 Å². The van der Waals surface area contributed by atoms with Gasteiger partial charge in [0.2, 0.25) is 0 Å². The van der Waals surface area contributed by atoms with Gasteiger partial charge >= 0.3 is 58.4 Å². The fraction of sp³-hybridized carbons (Fsp3) is 0.500. The number of rotatable bonds is 4. The number of hydrogen-bond acceptors (Lipinski definition) is 2. The maximum Gasteiger partial charge on any atom is 1.00 e. The van der Waals surface area contributed by atoms with Crippen molar-refractivity contribution in [2.24, 2.45) is 0 Å². The average Bonchev–Trinajstić information content (AvgIpc) is 2.24. The molecule has 2 nitrogen and oxygen atoms in total. The van der Waals surface area contributed by atoms with Gasteiger partial charge in [0.25, 0.3) is 0 Å². The van der Waals surface area contributed by atoms with E-state index in [1.807, 2.05) is 20.8 Å². The zero-order chi connectivity index (χ0) is 14.0. The van der Waals surface area contributed by atoms with Crippen molar-refractivity contribution in [3.8, 4) is 11.5 Å². The minimum Gasteiger partial charge on any atom is -0.521 e. The molecule has 0 fully saturated rings. The first kappa shape index (κ1) is 19.3. The van der Waals surface area contributed by atoms with Crippen LogP contribution in [0.1, 0.15) is 26.3 Å². The van der Waals surface area contributed by atoms with E-state index in [-0.39, 0.29) is 62.5 Å². The molecule has 0 N–H and O–H groups in total. The summed E-state index contributed by atoms with van der Waals surface area (Å²) in [7, 11) is 1.52. The molecule has 0 saturated heterocycles. The summed E-state index contributed by atoms with van der Waals surface area (Å²) < 4.78 is 46.6. The SMILES string of the molecule is COc1ccc(OC[B-](F)(F)F)c(C(C)(C)C)c1.[K+]. The fourth-order valence-electron chi connectivity index (χ4n) is 1.53. The first-order valence-corrected chi connectivity index (χ1v) is 5.66. The predicted octanol–water partition coefficient (Wildman–Crippen LogP) is 0.762. The summed E-state index contributed by atoms with van der Waals surface area (Å²) in [5.41, 5.74) is 0.379. The van der Waals surface area contributed by atoms with Gasteiger partial charge in [-0.15, -0.1) is 0 Å². The first-order chi connectivity index (χ1) is 8.13. The summed E-state index contributed by atoms with van der Waals surface area (Å²) in [5, 5.41) is 0. The van der Waals surface area contributed by atoms with Crippen LogP contribution in [-0.4, -0.2) is 20.6 Å². The van der Waals surface area contributed by atoms with E-state index in [4.69, 9.17) is 9.47 Å². The Morgan fingerprint density at radius 3 is 2.16 bits per heavy atom. The van der Waals surface area contributed by atoms with E-state index in [1.54, 1.807) is 12.1 Å². The Morgan fingerprint density at radius 1 is 1.16 bits per heavy atom. The largest absolute Gasteiger partial charge is 1.00 e. The third kappa shape index (κ3) is 6.53. The average molecular weight is 300 g/mol. The third-order valence-corrected chi connectivity index (χ3v) is 2.42. The molecular weight excluding hydrogens is 283 g/mol. The van der Waals surface area contributed by atoms with Gasteiger partial charge in [-0.25, -0.2) is 0 Å². The van der Waals surface area contributed by atoms with Gasteiger partial charge in [-0.3, -0.25) is 0 Å². The Labute approximate surface area is 154 Å². The molecule has 0 atom stereocenters. The molecule has 1 aromatic rings. The smallest absolute Gasteiger partial charge is 0.521 e. The molecule has 19 heavy (non-hydrogen) atoms. The van der Waals surface area contributed by atoms with Gasteiger partial charge in [-0.1, -0.05) is 20.8 Å². The maximum absolute atomic E-state index is 12.2. The monoisotopic (exact) mass is 300 g/mol. The van der Waals surface area contributed by atoms with Crippen LogP contribution in [-0.2, 0) is 5.41 Å². The van der Waals surface area contributed by atoms with Crippen LogP contribution in [0.15, 0.2) is 18.2 Å². The molecule has 0 aromatic heterocycles. The van der Waals surface area contributed by atoms with E-state index in [1.165, 1.54) is 13.2 Å². The molecule has 0 spiro atoms. The molecule has 102 valence electrons. The molecule has 0 saturated carbocycles. The Hall–Kier alpha value is 0.311. The topological polar surface area (TPSA) is 18.5 Å². The number of benzene rings is 1. The quantitative estimate of drug-likeness (QED) is 0.765. The number of methoxy groups -OCH3 is 1. The van der Waals surface area contributed by atoms with Crippen molar-refractivity contribution in [3.63, 3.8) is 0 Å². The van der Waals surface area contributed by atoms with Crippen molar-refractivity contribution >= 4 is 6.98 Å². The zero-order valence-corrected chi connectivity index (χ0v) is 15.1. The van der Waals surface area contributed by atoms with Gasteiger partial charge < -0.3 is 22.4 Å². The van der Waals surface area contributed by atoms with Gasteiger partial charge in [-0.2, -0.15) is 0 Å². The molecule has 0 aliphatic rings. The Bertz CT molecular complexity index is 416. The summed E-state index contributed by atoms with van der Waals surface area (Å²) in [6.07, 6.45) is 0. The molecule has 0 heterocycles. The molecule has 0 unspecified atom stereocenters. The molecule has 0 aliphatic heterocycles. The zero-order valence-electron chi connectivity index (χ0n) is 12.0. The molecule has 0 aliphatic carbocycles. The minimum atomic E-state index is -4.95. The van der Waals surface area contributed by atoms with Gasteiger partial charge in [0.1, 0.15) is 11.5 Å². The third-order valence-electron chi connectivity index (χ3n) is 2.42.